The summed E-state index contributed by atoms with van der Waals surface area (Å²) in [7, 11) is 0. The number of benzene rings is 1. The number of cyclic esters (lactones) is 1. The van der Waals surface area contributed by atoms with Crippen molar-refractivity contribution in [3.05, 3.63) is 17.4 Å². The van der Waals surface area contributed by atoms with E-state index in [1.807, 2.05) is 0 Å². The SMILES string of the molecule is C[C@@H]1CN2c3c(cc4c(OC[C@H]5COC(=O)N5)noc4c3F)CC3(C(=O)NC(=O)NC3=O)[C@H]2[C@H](C)O1. The van der Waals surface area contributed by atoms with Crippen LogP contribution in [0, 0.1) is 11.2 Å². The highest BCUT2D eigenvalue weighted by molar-refractivity contribution is 6.20. The first kappa shape index (κ1) is 22.5. The fourth-order valence-corrected chi connectivity index (χ4v) is 5.73. The number of fused-ring (bicyclic) bond motifs is 5. The molecule has 5 amide bonds. The fraction of sp³-hybridized carbons (Fsp3) is 0.500. The van der Waals surface area contributed by atoms with Crippen molar-refractivity contribution in [1.29, 1.82) is 0 Å². The number of imide groups is 2. The van der Waals surface area contributed by atoms with E-state index < -0.39 is 53.4 Å². The van der Waals surface area contributed by atoms with Gasteiger partial charge in [-0.3, -0.25) is 20.2 Å². The first-order valence-corrected chi connectivity index (χ1v) is 11.4. The molecule has 3 fully saturated rings. The summed E-state index contributed by atoms with van der Waals surface area (Å²) in [6, 6.07) is -0.640. The number of hydrogen-bond acceptors (Lipinski definition) is 10. The lowest BCUT2D eigenvalue weighted by Gasteiger charge is -2.55. The van der Waals surface area contributed by atoms with Crippen LogP contribution in [0.3, 0.4) is 0 Å². The van der Waals surface area contributed by atoms with E-state index in [1.54, 1.807) is 24.8 Å². The van der Waals surface area contributed by atoms with E-state index in [9.17, 15) is 19.2 Å². The molecule has 0 saturated carbocycles. The van der Waals surface area contributed by atoms with Gasteiger partial charge < -0.3 is 29.0 Å². The highest BCUT2D eigenvalue weighted by Crippen LogP contribution is 2.49. The van der Waals surface area contributed by atoms with Crippen LogP contribution in [0.2, 0.25) is 0 Å². The van der Waals surface area contributed by atoms with Crippen LogP contribution in [0.4, 0.5) is 19.7 Å². The Morgan fingerprint density at radius 3 is 2.67 bits per heavy atom. The average molecular weight is 503 g/mol. The lowest BCUT2D eigenvalue weighted by Crippen LogP contribution is -2.75. The number of ether oxygens (including phenoxy) is 3. The number of hydrogen-bond donors (Lipinski definition) is 3. The first-order valence-electron chi connectivity index (χ1n) is 11.4. The molecule has 0 unspecified atom stereocenters. The Morgan fingerprint density at radius 2 is 1.97 bits per heavy atom. The third-order valence-electron chi connectivity index (χ3n) is 7.09. The molecule has 4 aliphatic rings. The zero-order valence-corrected chi connectivity index (χ0v) is 19.3. The zero-order valence-electron chi connectivity index (χ0n) is 19.3. The van der Waals surface area contributed by atoms with Gasteiger partial charge in [0, 0.05) is 13.0 Å². The van der Waals surface area contributed by atoms with E-state index in [4.69, 9.17) is 18.7 Å². The topological polar surface area (TPSA) is 161 Å². The van der Waals surface area contributed by atoms with Crippen LogP contribution in [0.1, 0.15) is 19.4 Å². The summed E-state index contributed by atoms with van der Waals surface area (Å²) in [6.07, 6.45) is -1.73. The van der Waals surface area contributed by atoms with E-state index in [0.29, 0.717) is 5.56 Å². The summed E-state index contributed by atoms with van der Waals surface area (Å²) in [5.41, 5.74) is -1.37. The number of amides is 5. The van der Waals surface area contributed by atoms with Crippen molar-refractivity contribution in [2.75, 3.05) is 24.7 Å². The maximum Gasteiger partial charge on any atom is 0.407 e. The predicted octanol–water partition coefficient (Wildman–Crippen LogP) is 0.345. The number of morpholine rings is 1. The molecule has 0 bridgehead atoms. The number of carbonyl (C=O) groups is 4. The van der Waals surface area contributed by atoms with Gasteiger partial charge in [0.15, 0.2) is 11.2 Å². The van der Waals surface area contributed by atoms with Crippen molar-refractivity contribution < 1.29 is 42.3 Å². The van der Waals surface area contributed by atoms with E-state index in [1.165, 1.54) is 0 Å². The number of nitrogens with one attached hydrogen (secondary N) is 3. The molecule has 6 rings (SSSR count). The number of barbiturate groups is 1. The number of rotatable bonds is 3. The van der Waals surface area contributed by atoms with Crippen molar-refractivity contribution >= 4 is 40.6 Å². The average Bonchev–Trinajstić information content (AvgIpc) is 3.41. The van der Waals surface area contributed by atoms with Gasteiger partial charge in [-0.2, -0.15) is 0 Å². The second-order valence-corrected chi connectivity index (χ2v) is 9.45. The minimum Gasteiger partial charge on any atom is -0.473 e. The van der Waals surface area contributed by atoms with Gasteiger partial charge in [-0.25, -0.2) is 14.0 Å². The molecule has 4 atom stereocenters. The van der Waals surface area contributed by atoms with Crippen LogP contribution in [-0.4, -0.2) is 73.1 Å². The van der Waals surface area contributed by atoms with Crippen LogP contribution in [0.15, 0.2) is 10.6 Å². The second-order valence-electron chi connectivity index (χ2n) is 9.45. The highest BCUT2D eigenvalue weighted by Gasteiger charge is 2.63. The van der Waals surface area contributed by atoms with Crippen LogP contribution in [0.5, 0.6) is 5.88 Å². The zero-order chi connectivity index (χ0) is 25.4. The van der Waals surface area contributed by atoms with Crippen molar-refractivity contribution in [3.63, 3.8) is 0 Å². The quantitative estimate of drug-likeness (QED) is 0.498. The molecule has 2 aromatic rings. The number of halogens is 1. The maximum absolute atomic E-state index is 16.0. The molecule has 1 spiro atoms. The molecule has 14 heteroatoms. The predicted molar refractivity (Wildman–Crippen MR) is 117 cm³/mol. The molecule has 1 aromatic carbocycles. The number of urea groups is 1. The molecule has 0 aliphatic carbocycles. The molecule has 36 heavy (non-hydrogen) atoms. The van der Waals surface area contributed by atoms with Gasteiger partial charge in [0.05, 0.1) is 29.3 Å². The van der Waals surface area contributed by atoms with Gasteiger partial charge in [0.2, 0.25) is 17.4 Å². The smallest absolute Gasteiger partial charge is 0.407 e. The van der Waals surface area contributed by atoms with E-state index in [0.717, 1.165) is 0 Å². The molecule has 3 N–H and O–H groups in total. The van der Waals surface area contributed by atoms with Gasteiger partial charge >= 0.3 is 12.1 Å². The molecule has 190 valence electrons. The third kappa shape index (κ3) is 3.13. The summed E-state index contributed by atoms with van der Waals surface area (Å²) < 4.78 is 37.7. The van der Waals surface area contributed by atoms with Gasteiger partial charge in [0.1, 0.15) is 19.3 Å². The first-order chi connectivity index (χ1) is 17.2. The van der Waals surface area contributed by atoms with Crippen molar-refractivity contribution in [2.24, 2.45) is 5.41 Å². The normalized spacial score (nSPS) is 28.8. The number of nitrogens with zero attached hydrogens (tertiary/aromatic N) is 2. The summed E-state index contributed by atoms with van der Waals surface area (Å²) >= 11 is 0. The summed E-state index contributed by atoms with van der Waals surface area (Å²) in [6.45, 7) is 3.82. The Hall–Kier alpha value is -3.94. The van der Waals surface area contributed by atoms with Crippen molar-refractivity contribution in [1.82, 2.24) is 21.1 Å². The number of carbonyl (C=O) groups excluding carboxylic acids is 4. The van der Waals surface area contributed by atoms with Crippen LogP contribution in [-0.2, 0) is 25.5 Å². The monoisotopic (exact) mass is 503 g/mol. The van der Waals surface area contributed by atoms with Gasteiger partial charge in [-0.05, 0) is 30.6 Å². The minimum atomic E-state index is -1.75. The van der Waals surface area contributed by atoms with Crippen LogP contribution < -0.4 is 25.6 Å². The largest absolute Gasteiger partial charge is 0.473 e. The third-order valence-corrected chi connectivity index (χ3v) is 7.09. The summed E-state index contributed by atoms with van der Waals surface area (Å²) in [4.78, 5) is 51.2. The number of anilines is 1. The Kier molecular flexibility index (Phi) is 4.87. The molecule has 5 heterocycles. The molecular weight excluding hydrogens is 481 g/mol. The molecule has 1 aromatic heterocycles. The number of alkyl carbamates (subject to hydrolysis) is 1. The van der Waals surface area contributed by atoms with Crippen molar-refractivity contribution in [2.45, 2.75) is 44.6 Å². The molecule has 13 nitrogen and oxygen atoms in total. The van der Waals surface area contributed by atoms with Crippen LogP contribution >= 0.6 is 0 Å². The standard InChI is InChI=1S/C22H22FN5O8/c1-8-5-28-14-10(4-22(16(28)9(2)35-8)18(29)25-20(31)26-19(22)30)3-12-15(13(14)23)36-27-17(12)33-6-11-7-34-21(32)24-11/h3,8-9,11,16H,4-7H2,1-2H3,(H,24,32)(H2,25,26,29,30,31)/t8-,9+,11+,16-/m1/s1. The summed E-state index contributed by atoms with van der Waals surface area (Å²) in [5.74, 6) is -2.28. The Labute approximate surface area is 202 Å². The van der Waals surface area contributed by atoms with E-state index in [2.05, 4.69) is 21.1 Å². The Balaban J connectivity index is 1.46. The highest BCUT2D eigenvalue weighted by atomic mass is 19.1. The molecule has 0 radical (unpaired) electrons. The summed E-state index contributed by atoms with van der Waals surface area (Å²) in [5, 5.41) is 11.0. The van der Waals surface area contributed by atoms with Gasteiger partial charge in [0.25, 0.3) is 5.88 Å². The lowest BCUT2D eigenvalue weighted by atomic mass is 9.66. The maximum atomic E-state index is 16.0. The van der Waals surface area contributed by atoms with Gasteiger partial charge in [-0.15, -0.1) is 0 Å². The van der Waals surface area contributed by atoms with Crippen molar-refractivity contribution in [3.8, 4) is 5.88 Å². The van der Waals surface area contributed by atoms with E-state index >= 15 is 4.39 Å². The molecular formula is C22H22FN5O8. The number of aromatic nitrogens is 1. The molecule has 4 aliphatic heterocycles. The van der Waals surface area contributed by atoms with Gasteiger partial charge in [-0.1, -0.05) is 0 Å². The fourth-order valence-electron chi connectivity index (χ4n) is 5.73. The lowest BCUT2D eigenvalue weighted by molar-refractivity contribution is -0.153. The van der Waals surface area contributed by atoms with Crippen LogP contribution in [0.25, 0.3) is 11.0 Å². The second kappa shape index (κ2) is 7.78. The van der Waals surface area contributed by atoms with E-state index in [-0.39, 0.29) is 54.8 Å². The minimum absolute atomic E-state index is 0.00348. The Morgan fingerprint density at radius 1 is 1.22 bits per heavy atom. The molecule has 3 saturated heterocycles. The Bertz CT molecular complexity index is 1310.